The summed E-state index contributed by atoms with van der Waals surface area (Å²) in [6.45, 7) is 1.92. The first-order valence-corrected chi connectivity index (χ1v) is 9.39. The highest BCUT2D eigenvalue weighted by atomic mass is 32.2. The number of Topliss-reactive ketones (excluding diaryl/α,β-unsaturated/α-hetero) is 1. The van der Waals surface area contributed by atoms with E-state index in [1.807, 2.05) is 43.3 Å². The molecule has 0 amide bonds. The summed E-state index contributed by atoms with van der Waals surface area (Å²) >= 11 is 1.39. The van der Waals surface area contributed by atoms with Crippen LogP contribution in [-0.2, 0) is 12.8 Å². The van der Waals surface area contributed by atoms with Gasteiger partial charge in [0.2, 0.25) is 5.16 Å². The summed E-state index contributed by atoms with van der Waals surface area (Å²) in [5.74, 6) is 0.853. The van der Waals surface area contributed by atoms with E-state index < -0.39 is 0 Å². The summed E-state index contributed by atoms with van der Waals surface area (Å²) in [5.41, 5.74) is 4.49. The average molecular weight is 349 g/mol. The zero-order chi connectivity index (χ0) is 17.2. The summed E-state index contributed by atoms with van der Waals surface area (Å²) in [4.78, 5) is 17.2. The van der Waals surface area contributed by atoms with E-state index in [-0.39, 0.29) is 11.0 Å². The Labute approximate surface area is 151 Å². The first-order chi connectivity index (χ1) is 12.2. The maximum atomic E-state index is 12.7. The van der Waals surface area contributed by atoms with Crippen LogP contribution in [0, 0.1) is 0 Å². The lowest BCUT2D eigenvalue weighted by Gasteiger charge is -2.09. The van der Waals surface area contributed by atoms with Gasteiger partial charge < -0.3 is 0 Å². The molecule has 5 heteroatoms. The number of hydrogen-bond acceptors (Lipinski definition) is 4. The topological polar surface area (TPSA) is 58.6 Å². The van der Waals surface area contributed by atoms with E-state index in [9.17, 15) is 4.79 Å². The molecule has 4 rings (SSSR count). The molecule has 1 aliphatic carbocycles. The monoisotopic (exact) mass is 349 g/mol. The highest BCUT2D eigenvalue weighted by Crippen LogP contribution is 2.27. The Kier molecular flexibility index (Phi) is 4.40. The van der Waals surface area contributed by atoms with E-state index in [4.69, 9.17) is 0 Å². The smallest absolute Gasteiger partial charge is 0.209 e. The number of ketones is 1. The molecule has 0 saturated heterocycles. The van der Waals surface area contributed by atoms with Crippen molar-refractivity contribution in [3.05, 3.63) is 65.2 Å². The molecular formula is C20H19N3OS. The predicted molar refractivity (Wildman–Crippen MR) is 99.9 cm³/mol. The van der Waals surface area contributed by atoms with Gasteiger partial charge in [0.25, 0.3) is 0 Å². The van der Waals surface area contributed by atoms with Gasteiger partial charge in [0.1, 0.15) is 0 Å². The molecule has 0 unspecified atom stereocenters. The summed E-state index contributed by atoms with van der Waals surface area (Å²) < 4.78 is 0. The molecule has 1 N–H and O–H groups in total. The average Bonchev–Trinajstić information content (AvgIpc) is 3.30. The number of carbonyl (C=O) groups is 1. The number of aromatic amines is 1. The number of carbonyl (C=O) groups excluding carboxylic acids is 1. The van der Waals surface area contributed by atoms with E-state index in [1.165, 1.54) is 29.3 Å². The molecule has 0 radical (unpaired) electrons. The van der Waals surface area contributed by atoms with Crippen LogP contribution in [0.25, 0.3) is 11.4 Å². The Hall–Kier alpha value is -2.40. The zero-order valence-corrected chi connectivity index (χ0v) is 14.8. The van der Waals surface area contributed by atoms with Gasteiger partial charge in [0.05, 0.1) is 5.25 Å². The molecule has 4 nitrogen and oxygen atoms in total. The minimum absolute atomic E-state index is 0.130. The van der Waals surface area contributed by atoms with Gasteiger partial charge in [-0.25, -0.2) is 4.98 Å². The van der Waals surface area contributed by atoms with Crippen LogP contribution in [0.1, 0.15) is 34.8 Å². The first kappa shape index (κ1) is 16.1. The van der Waals surface area contributed by atoms with Gasteiger partial charge in [-0.3, -0.25) is 9.89 Å². The molecule has 0 saturated carbocycles. The van der Waals surface area contributed by atoms with Crippen molar-refractivity contribution < 1.29 is 4.79 Å². The van der Waals surface area contributed by atoms with Gasteiger partial charge >= 0.3 is 0 Å². The van der Waals surface area contributed by atoms with Crippen LogP contribution >= 0.6 is 11.8 Å². The number of aryl methyl sites for hydroxylation is 2. The van der Waals surface area contributed by atoms with E-state index in [0.29, 0.717) is 5.16 Å². The summed E-state index contributed by atoms with van der Waals surface area (Å²) in [5, 5.41) is 7.56. The third kappa shape index (κ3) is 3.37. The fraction of sp³-hybridized carbons (Fsp3) is 0.250. The molecule has 3 aromatic rings. The van der Waals surface area contributed by atoms with Crippen molar-refractivity contribution in [2.45, 2.75) is 36.6 Å². The minimum atomic E-state index is -0.223. The van der Waals surface area contributed by atoms with Crippen molar-refractivity contribution in [1.29, 1.82) is 0 Å². The van der Waals surface area contributed by atoms with Crippen LogP contribution in [0.4, 0.5) is 0 Å². The van der Waals surface area contributed by atoms with Crippen LogP contribution in [0.5, 0.6) is 0 Å². The van der Waals surface area contributed by atoms with Gasteiger partial charge in [-0.15, -0.1) is 5.10 Å². The number of aromatic nitrogens is 3. The SMILES string of the molecule is C[C@H](Sc1n[nH]c(-c2ccccc2)n1)C(=O)c1ccc2c(c1)CCC2. The largest absolute Gasteiger partial charge is 0.293 e. The molecule has 0 bridgehead atoms. The van der Waals surface area contributed by atoms with E-state index in [1.54, 1.807) is 0 Å². The quantitative estimate of drug-likeness (QED) is 0.550. The van der Waals surface area contributed by atoms with Crippen molar-refractivity contribution in [1.82, 2.24) is 15.2 Å². The second kappa shape index (κ2) is 6.84. The van der Waals surface area contributed by atoms with Crippen LogP contribution in [-0.4, -0.2) is 26.2 Å². The maximum Gasteiger partial charge on any atom is 0.209 e. The standard InChI is InChI=1S/C20H19N3OS/c1-13(18(24)17-11-10-14-8-5-9-16(14)12-17)25-20-21-19(22-23-20)15-6-3-2-4-7-15/h2-4,6-7,10-13H,5,8-9H2,1H3,(H,21,22,23)/t13-/m0/s1. The third-order valence-corrected chi connectivity index (χ3v) is 5.51. The normalized spacial score (nSPS) is 14.3. The number of rotatable bonds is 5. The Bertz CT molecular complexity index is 904. The van der Waals surface area contributed by atoms with Crippen LogP contribution in [0.15, 0.2) is 53.7 Å². The molecule has 126 valence electrons. The van der Waals surface area contributed by atoms with Crippen LogP contribution < -0.4 is 0 Å². The van der Waals surface area contributed by atoms with Crippen molar-refractivity contribution in [3.8, 4) is 11.4 Å². The second-order valence-electron chi connectivity index (χ2n) is 6.29. The van der Waals surface area contributed by atoms with Crippen molar-refractivity contribution in [2.24, 2.45) is 0 Å². The fourth-order valence-corrected chi connectivity index (χ4v) is 4.00. The van der Waals surface area contributed by atoms with Gasteiger partial charge in [-0.1, -0.05) is 54.2 Å². The van der Waals surface area contributed by atoms with Gasteiger partial charge in [0.15, 0.2) is 11.6 Å². The third-order valence-electron chi connectivity index (χ3n) is 4.55. The van der Waals surface area contributed by atoms with Gasteiger partial charge in [0, 0.05) is 11.1 Å². The minimum Gasteiger partial charge on any atom is -0.293 e. The number of thioether (sulfide) groups is 1. The fourth-order valence-electron chi connectivity index (χ4n) is 3.20. The molecule has 1 aromatic heterocycles. The van der Waals surface area contributed by atoms with E-state index in [0.717, 1.165) is 29.8 Å². The molecule has 0 aliphatic heterocycles. The summed E-state index contributed by atoms with van der Waals surface area (Å²) in [6.07, 6.45) is 3.41. The number of nitrogens with zero attached hydrogens (tertiary/aromatic N) is 2. The number of H-pyrrole nitrogens is 1. The summed E-state index contributed by atoms with van der Waals surface area (Å²) in [6, 6.07) is 16.0. The lowest BCUT2D eigenvalue weighted by Crippen LogP contribution is -2.14. The highest BCUT2D eigenvalue weighted by Gasteiger charge is 2.21. The molecule has 1 heterocycles. The Balaban J connectivity index is 1.47. The predicted octanol–water partition coefficient (Wildman–Crippen LogP) is 4.32. The molecule has 2 aromatic carbocycles. The van der Waals surface area contributed by atoms with Crippen molar-refractivity contribution in [3.63, 3.8) is 0 Å². The molecule has 25 heavy (non-hydrogen) atoms. The molecular weight excluding hydrogens is 330 g/mol. The lowest BCUT2D eigenvalue weighted by molar-refractivity contribution is 0.0994. The Morgan fingerprint density at radius 1 is 1.12 bits per heavy atom. The maximum absolute atomic E-state index is 12.7. The van der Waals surface area contributed by atoms with E-state index in [2.05, 4.69) is 27.3 Å². The second-order valence-corrected chi connectivity index (χ2v) is 7.60. The Morgan fingerprint density at radius 2 is 1.92 bits per heavy atom. The number of hydrogen-bond donors (Lipinski definition) is 1. The summed E-state index contributed by atoms with van der Waals surface area (Å²) in [7, 11) is 0. The molecule has 1 atom stereocenters. The van der Waals surface area contributed by atoms with Gasteiger partial charge in [-0.05, 0) is 43.4 Å². The lowest BCUT2D eigenvalue weighted by atomic mass is 10.0. The van der Waals surface area contributed by atoms with Crippen molar-refractivity contribution >= 4 is 17.5 Å². The van der Waals surface area contributed by atoms with Crippen molar-refractivity contribution in [2.75, 3.05) is 0 Å². The number of nitrogens with one attached hydrogen (secondary N) is 1. The van der Waals surface area contributed by atoms with Crippen LogP contribution in [0.3, 0.4) is 0 Å². The molecule has 1 aliphatic rings. The van der Waals surface area contributed by atoms with Crippen LogP contribution in [0.2, 0.25) is 0 Å². The Morgan fingerprint density at radius 3 is 2.76 bits per heavy atom. The zero-order valence-electron chi connectivity index (χ0n) is 14.0. The number of benzene rings is 2. The molecule has 0 fully saturated rings. The van der Waals surface area contributed by atoms with E-state index >= 15 is 0 Å². The number of fused-ring (bicyclic) bond motifs is 1. The van der Waals surface area contributed by atoms with Gasteiger partial charge in [-0.2, -0.15) is 0 Å². The first-order valence-electron chi connectivity index (χ1n) is 8.51. The highest BCUT2D eigenvalue weighted by molar-refractivity contribution is 8.00. The molecule has 0 spiro atoms.